The number of carbonyl (C=O) groups is 2. The highest BCUT2D eigenvalue weighted by Gasteiger charge is 2.50. The number of rotatable bonds is 15. The number of ether oxygens (including phenoxy) is 4. The molecule has 5 atom stereocenters. The number of allylic oxidation sites excluding steroid dienone is 4. The van der Waals surface area contributed by atoms with Crippen LogP contribution >= 0.6 is 15.9 Å². The number of aromatic hydroxyl groups is 2. The van der Waals surface area contributed by atoms with Crippen LogP contribution < -0.4 is 9.47 Å². The van der Waals surface area contributed by atoms with Gasteiger partial charge in [0.25, 0.3) is 0 Å². The Labute approximate surface area is 355 Å². The van der Waals surface area contributed by atoms with Gasteiger partial charge >= 0.3 is 11.9 Å². The lowest BCUT2D eigenvalue weighted by Crippen LogP contribution is -2.48. The van der Waals surface area contributed by atoms with Crippen LogP contribution in [0.4, 0.5) is 0 Å². The Morgan fingerprint density at radius 3 is 1.91 bits per heavy atom. The Balaban J connectivity index is 1.23. The molecule has 4 aliphatic rings. The van der Waals surface area contributed by atoms with E-state index in [2.05, 4.69) is 62.7 Å². The number of carbonyl (C=O) groups excluding carboxylic acids is 2. The second kappa shape index (κ2) is 17.3. The summed E-state index contributed by atoms with van der Waals surface area (Å²) in [6.45, 7) is 18.9. The summed E-state index contributed by atoms with van der Waals surface area (Å²) in [5.74, 6) is 1.48. The van der Waals surface area contributed by atoms with E-state index in [1.54, 1.807) is 12.1 Å². The van der Waals surface area contributed by atoms with Crippen LogP contribution in [0, 0.1) is 11.8 Å². The predicted octanol–water partition coefficient (Wildman–Crippen LogP) is 11.8. The van der Waals surface area contributed by atoms with Gasteiger partial charge in [0.2, 0.25) is 0 Å². The molecule has 2 N–H and O–H groups in total. The maximum absolute atomic E-state index is 13.3. The molecule has 8 nitrogen and oxygen atoms in total. The topological polar surface area (TPSA) is 112 Å². The molecule has 9 heteroatoms. The first-order valence-electron chi connectivity index (χ1n) is 21.7. The minimum atomic E-state index is -0.964. The number of hydrogen-bond acceptors (Lipinski definition) is 8. The molecule has 2 aliphatic heterocycles. The first-order valence-corrected chi connectivity index (χ1v) is 22.8. The minimum Gasteiger partial charge on any atom is -0.508 e. The second-order valence-electron chi connectivity index (χ2n) is 19.3. The molecule has 0 amide bonds. The van der Waals surface area contributed by atoms with Crippen molar-refractivity contribution in [2.75, 3.05) is 18.5 Å². The van der Waals surface area contributed by atoms with E-state index in [1.165, 1.54) is 11.1 Å². The Hall–Kier alpha value is -3.46. The predicted molar refractivity (Wildman–Crippen MR) is 232 cm³/mol. The summed E-state index contributed by atoms with van der Waals surface area (Å²) < 4.78 is 25.1. The van der Waals surface area contributed by atoms with Crippen molar-refractivity contribution in [3.05, 3.63) is 69.8 Å². The fourth-order valence-electron chi connectivity index (χ4n) is 9.92. The molecule has 0 fully saturated rings. The summed E-state index contributed by atoms with van der Waals surface area (Å²) in [6.07, 6.45) is 14.2. The van der Waals surface area contributed by atoms with Gasteiger partial charge in [-0.3, -0.25) is 9.59 Å². The number of alkyl halides is 1. The molecule has 2 aromatic carbocycles. The summed E-state index contributed by atoms with van der Waals surface area (Å²) in [6, 6.07) is 7.39. The second-order valence-corrected chi connectivity index (χ2v) is 20.1. The first kappa shape index (κ1) is 44.1. The smallest absolute Gasteiger partial charge is 0.315 e. The molecular weight excluding hydrogens is 796 g/mol. The van der Waals surface area contributed by atoms with Crippen molar-refractivity contribution < 1.29 is 38.7 Å². The SMILES string of the molecule is CCCCOC(=O)C(C)(C)c1cc(O)c2c(c1)OC(C)(CCC1=CCC3C(C1)c1c(O)cc(C(C)(C)C(=O)OCCCCCBr)cc1OC3(C)C)C1CC=C(C)CC21. The van der Waals surface area contributed by atoms with Crippen LogP contribution in [0.2, 0.25) is 0 Å². The van der Waals surface area contributed by atoms with Crippen molar-refractivity contribution in [2.24, 2.45) is 11.8 Å². The molecule has 6 rings (SSSR count). The largest absolute Gasteiger partial charge is 0.508 e. The van der Waals surface area contributed by atoms with Crippen LogP contribution in [-0.4, -0.2) is 51.9 Å². The van der Waals surface area contributed by atoms with Crippen LogP contribution in [0.15, 0.2) is 47.6 Å². The van der Waals surface area contributed by atoms with E-state index in [0.29, 0.717) is 35.8 Å². The number of hydrogen-bond donors (Lipinski definition) is 2. The fraction of sp³-hybridized carbons (Fsp3) is 0.633. The molecular formula is C49H67BrO8. The van der Waals surface area contributed by atoms with E-state index >= 15 is 0 Å². The van der Waals surface area contributed by atoms with Gasteiger partial charge in [0, 0.05) is 40.1 Å². The summed E-state index contributed by atoms with van der Waals surface area (Å²) in [4.78, 5) is 26.6. The van der Waals surface area contributed by atoms with E-state index in [0.717, 1.165) is 87.1 Å². The zero-order valence-electron chi connectivity index (χ0n) is 36.4. The highest BCUT2D eigenvalue weighted by Crippen LogP contribution is 2.58. The number of phenolic OH excluding ortho intramolecular Hbond substituents is 2. The summed E-state index contributed by atoms with van der Waals surface area (Å²) in [5.41, 5.74) is 2.72. The third-order valence-corrected chi connectivity index (χ3v) is 14.5. The lowest BCUT2D eigenvalue weighted by Gasteiger charge is -2.50. The van der Waals surface area contributed by atoms with E-state index in [-0.39, 0.29) is 47.1 Å². The number of benzene rings is 2. The number of halogens is 1. The van der Waals surface area contributed by atoms with Crippen molar-refractivity contribution in [1.29, 1.82) is 0 Å². The standard InChI is InChI=1S/C49H67BrO8/c1-10-11-22-55-44(53)47(5,6)33-27-38(51)42-34-24-30(2)15-17-37(34)49(9,58-41(42)29-33)20-19-31-16-18-36-35(25-31)43-39(52)26-32(28-40(43)57-48(36,7)8)46(3,4)45(54)56-23-14-12-13-21-50/h15-16,26-29,34-37,51-52H,10-14,17-25H2,1-9H3. The van der Waals surface area contributed by atoms with Gasteiger partial charge in [0.1, 0.15) is 34.2 Å². The molecule has 5 unspecified atom stereocenters. The van der Waals surface area contributed by atoms with Crippen molar-refractivity contribution in [2.45, 2.75) is 167 Å². The monoisotopic (exact) mass is 862 g/mol. The van der Waals surface area contributed by atoms with Gasteiger partial charge in [-0.05, 0) is 155 Å². The molecule has 0 saturated carbocycles. The molecule has 0 bridgehead atoms. The highest BCUT2D eigenvalue weighted by molar-refractivity contribution is 9.09. The van der Waals surface area contributed by atoms with Gasteiger partial charge in [0.05, 0.1) is 24.0 Å². The Morgan fingerprint density at radius 2 is 1.33 bits per heavy atom. The summed E-state index contributed by atoms with van der Waals surface area (Å²) in [7, 11) is 0. The van der Waals surface area contributed by atoms with Crippen LogP contribution in [0.3, 0.4) is 0 Å². The van der Waals surface area contributed by atoms with Crippen molar-refractivity contribution in [3.63, 3.8) is 0 Å². The molecule has 0 spiro atoms. The van der Waals surface area contributed by atoms with Gasteiger partial charge in [-0.2, -0.15) is 0 Å². The van der Waals surface area contributed by atoms with Crippen LogP contribution in [0.1, 0.15) is 167 Å². The number of esters is 2. The molecule has 2 aromatic rings. The Kier molecular flexibility index (Phi) is 13.1. The van der Waals surface area contributed by atoms with Gasteiger partial charge in [0.15, 0.2) is 0 Å². The fourth-order valence-corrected chi connectivity index (χ4v) is 10.3. The van der Waals surface area contributed by atoms with E-state index in [1.807, 2.05) is 39.8 Å². The van der Waals surface area contributed by atoms with Crippen molar-refractivity contribution in [3.8, 4) is 23.0 Å². The van der Waals surface area contributed by atoms with Crippen LogP contribution in [0.5, 0.6) is 23.0 Å². The van der Waals surface area contributed by atoms with Gasteiger partial charge in [-0.15, -0.1) is 0 Å². The molecule has 2 heterocycles. The third kappa shape index (κ3) is 8.72. The Bertz CT molecular complexity index is 1920. The quantitative estimate of drug-likeness (QED) is 0.0788. The lowest BCUT2D eigenvalue weighted by atomic mass is 9.63. The molecule has 318 valence electrons. The highest BCUT2D eigenvalue weighted by atomic mass is 79.9. The van der Waals surface area contributed by atoms with E-state index in [4.69, 9.17) is 18.9 Å². The van der Waals surface area contributed by atoms with Gasteiger partial charge < -0.3 is 29.2 Å². The van der Waals surface area contributed by atoms with Crippen molar-refractivity contribution in [1.82, 2.24) is 0 Å². The number of fused-ring (bicyclic) bond motifs is 6. The maximum atomic E-state index is 13.3. The molecule has 58 heavy (non-hydrogen) atoms. The molecule has 0 saturated heterocycles. The summed E-state index contributed by atoms with van der Waals surface area (Å²) in [5, 5.41) is 24.3. The van der Waals surface area contributed by atoms with Crippen molar-refractivity contribution >= 4 is 27.9 Å². The van der Waals surface area contributed by atoms with Gasteiger partial charge in [-0.25, -0.2) is 0 Å². The van der Waals surface area contributed by atoms with Crippen LogP contribution in [0.25, 0.3) is 0 Å². The zero-order chi connectivity index (χ0) is 42.2. The summed E-state index contributed by atoms with van der Waals surface area (Å²) >= 11 is 3.45. The Morgan fingerprint density at radius 1 is 0.776 bits per heavy atom. The average Bonchev–Trinajstić information content (AvgIpc) is 3.16. The van der Waals surface area contributed by atoms with Crippen LogP contribution in [-0.2, 0) is 29.9 Å². The molecule has 2 aliphatic carbocycles. The zero-order valence-corrected chi connectivity index (χ0v) is 38.0. The maximum Gasteiger partial charge on any atom is 0.315 e. The molecule has 0 aromatic heterocycles. The normalized spacial score (nSPS) is 24.7. The third-order valence-electron chi connectivity index (χ3n) is 13.9. The lowest BCUT2D eigenvalue weighted by molar-refractivity contribution is -0.150. The number of phenols is 2. The average molecular weight is 864 g/mol. The van der Waals surface area contributed by atoms with E-state index in [9.17, 15) is 19.8 Å². The number of unbranched alkanes of at least 4 members (excludes halogenated alkanes) is 3. The van der Waals surface area contributed by atoms with E-state index < -0.39 is 22.0 Å². The first-order chi connectivity index (χ1) is 27.3. The van der Waals surface area contributed by atoms with Gasteiger partial charge in [-0.1, -0.05) is 52.6 Å². The minimum absolute atomic E-state index is 0.0462. The molecule has 0 radical (unpaired) electrons.